The Kier molecular flexibility index (Phi) is 3.74. The van der Waals surface area contributed by atoms with E-state index in [0.29, 0.717) is 10.7 Å². The Labute approximate surface area is 112 Å². The van der Waals surface area contributed by atoms with Gasteiger partial charge in [0.15, 0.2) is 11.6 Å². The van der Waals surface area contributed by atoms with E-state index < -0.39 is 44.4 Å². The third-order valence-corrected chi connectivity index (χ3v) is 4.97. The van der Waals surface area contributed by atoms with Gasteiger partial charge in [-0.3, -0.25) is 4.79 Å². The van der Waals surface area contributed by atoms with Crippen molar-refractivity contribution in [3.63, 3.8) is 0 Å². The van der Waals surface area contributed by atoms with Crippen molar-refractivity contribution in [3.8, 4) is 0 Å². The second-order valence-corrected chi connectivity index (χ2v) is 6.17. The summed E-state index contributed by atoms with van der Waals surface area (Å²) in [6, 6.07) is -0.988. The van der Waals surface area contributed by atoms with Crippen LogP contribution in [-0.4, -0.2) is 36.4 Å². The van der Waals surface area contributed by atoms with Crippen molar-refractivity contribution >= 4 is 16.0 Å². The van der Waals surface area contributed by atoms with Crippen molar-refractivity contribution in [2.75, 3.05) is 6.54 Å². The number of carboxylic acid groups (broad SMARTS) is 1. The smallest absolute Gasteiger partial charge is 0.322 e. The lowest BCUT2D eigenvalue weighted by molar-refractivity contribution is -0.140. The highest BCUT2D eigenvalue weighted by molar-refractivity contribution is 7.89. The Morgan fingerprint density at radius 2 is 1.80 bits per heavy atom. The first kappa shape index (κ1) is 14.8. The summed E-state index contributed by atoms with van der Waals surface area (Å²) in [5.74, 6) is -5.86. The number of aliphatic carboxylic acids is 1. The highest BCUT2D eigenvalue weighted by atomic mass is 32.2. The van der Waals surface area contributed by atoms with Crippen molar-refractivity contribution < 1.29 is 31.5 Å². The van der Waals surface area contributed by atoms with Crippen LogP contribution in [0.3, 0.4) is 0 Å². The number of carboxylic acids is 1. The van der Waals surface area contributed by atoms with E-state index in [0.717, 1.165) is 0 Å². The van der Waals surface area contributed by atoms with Gasteiger partial charge >= 0.3 is 5.97 Å². The number of hydrogen-bond acceptors (Lipinski definition) is 3. The first-order chi connectivity index (χ1) is 9.25. The van der Waals surface area contributed by atoms with Gasteiger partial charge in [0, 0.05) is 12.6 Å². The summed E-state index contributed by atoms with van der Waals surface area (Å²) in [4.78, 5) is 9.90. The first-order valence-corrected chi connectivity index (χ1v) is 7.08. The third-order valence-electron chi connectivity index (χ3n) is 3.05. The van der Waals surface area contributed by atoms with Gasteiger partial charge in [-0.05, 0) is 18.9 Å². The average Bonchev–Trinajstić information content (AvgIpc) is 2.83. The summed E-state index contributed by atoms with van der Waals surface area (Å²) in [5, 5.41) is 8.93. The van der Waals surface area contributed by atoms with Crippen LogP contribution in [0.5, 0.6) is 0 Å². The van der Waals surface area contributed by atoms with E-state index in [-0.39, 0.29) is 25.1 Å². The molecule has 1 fully saturated rings. The van der Waals surface area contributed by atoms with Gasteiger partial charge in [-0.15, -0.1) is 0 Å². The Morgan fingerprint density at radius 3 is 2.40 bits per heavy atom. The van der Waals surface area contributed by atoms with E-state index in [1.165, 1.54) is 0 Å². The summed E-state index contributed by atoms with van der Waals surface area (Å²) in [7, 11) is -4.53. The lowest BCUT2D eigenvalue weighted by Gasteiger charge is -2.21. The standard InChI is InChI=1S/C11H10F3NO4S/c12-6-4-8(14)10(5-7(6)13)20(18,19)15-3-1-2-9(15)11(16)17/h4-5,9H,1-3H2,(H,16,17)/t9-/m1/s1. The van der Waals surface area contributed by atoms with Crippen LogP contribution in [0.15, 0.2) is 17.0 Å². The van der Waals surface area contributed by atoms with Crippen molar-refractivity contribution in [1.82, 2.24) is 4.31 Å². The fraction of sp³-hybridized carbons (Fsp3) is 0.364. The molecule has 1 aliphatic heterocycles. The predicted octanol–water partition coefficient (Wildman–Crippen LogP) is 1.34. The van der Waals surface area contributed by atoms with E-state index in [9.17, 15) is 26.4 Å². The first-order valence-electron chi connectivity index (χ1n) is 5.64. The van der Waals surface area contributed by atoms with Gasteiger partial charge in [-0.2, -0.15) is 4.31 Å². The van der Waals surface area contributed by atoms with Gasteiger partial charge in [-0.1, -0.05) is 0 Å². The number of carbonyl (C=O) groups is 1. The van der Waals surface area contributed by atoms with Crippen LogP contribution in [0.1, 0.15) is 12.8 Å². The molecular weight excluding hydrogens is 299 g/mol. The molecule has 0 spiro atoms. The maximum atomic E-state index is 13.5. The van der Waals surface area contributed by atoms with E-state index in [1.807, 2.05) is 0 Å². The molecule has 1 aliphatic rings. The van der Waals surface area contributed by atoms with Gasteiger partial charge in [0.2, 0.25) is 10.0 Å². The summed E-state index contributed by atoms with van der Waals surface area (Å²) in [6.45, 7) is -0.113. The molecule has 0 amide bonds. The maximum Gasteiger partial charge on any atom is 0.322 e. The zero-order valence-corrected chi connectivity index (χ0v) is 10.8. The van der Waals surface area contributed by atoms with Crippen molar-refractivity contribution in [2.45, 2.75) is 23.8 Å². The largest absolute Gasteiger partial charge is 0.480 e. The molecule has 0 aromatic heterocycles. The van der Waals surface area contributed by atoms with Gasteiger partial charge in [0.25, 0.3) is 0 Å². The number of nitrogens with zero attached hydrogens (tertiary/aromatic N) is 1. The fourth-order valence-electron chi connectivity index (χ4n) is 2.10. The maximum absolute atomic E-state index is 13.5. The topological polar surface area (TPSA) is 74.7 Å². The predicted molar refractivity (Wildman–Crippen MR) is 60.9 cm³/mol. The monoisotopic (exact) mass is 309 g/mol. The minimum atomic E-state index is -4.53. The molecule has 1 saturated heterocycles. The highest BCUT2D eigenvalue weighted by Gasteiger charge is 2.40. The zero-order valence-electron chi connectivity index (χ0n) is 10.0. The molecule has 20 heavy (non-hydrogen) atoms. The summed E-state index contributed by atoms with van der Waals surface area (Å²) in [5.41, 5.74) is 0. The number of sulfonamides is 1. The Hall–Kier alpha value is -1.61. The number of rotatable bonds is 3. The van der Waals surface area contributed by atoms with Crippen molar-refractivity contribution in [1.29, 1.82) is 0 Å². The van der Waals surface area contributed by atoms with E-state index in [2.05, 4.69) is 0 Å². The zero-order chi connectivity index (χ0) is 15.1. The molecule has 9 heteroatoms. The van der Waals surface area contributed by atoms with E-state index >= 15 is 0 Å². The average molecular weight is 309 g/mol. The Morgan fingerprint density at radius 1 is 1.20 bits per heavy atom. The highest BCUT2D eigenvalue weighted by Crippen LogP contribution is 2.28. The van der Waals surface area contributed by atoms with Gasteiger partial charge < -0.3 is 5.11 Å². The molecular formula is C11H10F3NO4S. The SMILES string of the molecule is O=C(O)[C@H]1CCCN1S(=O)(=O)c1cc(F)c(F)cc1F. The third kappa shape index (κ3) is 2.38. The van der Waals surface area contributed by atoms with Crippen molar-refractivity contribution in [2.24, 2.45) is 0 Å². The molecule has 0 radical (unpaired) electrons. The molecule has 2 rings (SSSR count). The molecule has 1 aromatic rings. The molecule has 0 saturated carbocycles. The second-order valence-electron chi connectivity index (χ2n) is 4.31. The summed E-state index contributed by atoms with van der Waals surface area (Å²) in [6.07, 6.45) is 0.376. The van der Waals surface area contributed by atoms with Crippen LogP contribution in [0.4, 0.5) is 13.2 Å². The van der Waals surface area contributed by atoms with Gasteiger partial charge in [0.1, 0.15) is 16.8 Å². The second kappa shape index (κ2) is 5.06. The van der Waals surface area contributed by atoms with Crippen LogP contribution in [-0.2, 0) is 14.8 Å². The quantitative estimate of drug-likeness (QED) is 0.855. The van der Waals surface area contributed by atoms with Crippen LogP contribution in [0, 0.1) is 17.5 Å². The van der Waals surface area contributed by atoms with E-state index in [4.69, 9.17) is 5.11 Å². The molecule has 1 N–H and O–H groups in total. The Balaban J connectivity index is 2.50. The molecule has 1 aromatic carbocycles. The molecule has 0 bridgehead atoms. The van der Waals surface area contributed by atoms with Gasteiger partial charge in [0.05, 0.1) is 0 Å². The normalized spacial score (nSPS) is 20.2. The Bertz CT molecular complexity index is 662. The van der Waals surface area contributed by atoms with Crippen LogP contribution < -0.4 is 0 Å². The van der Waals surface area contributed by atoms with Gasteiger partial charge in [-0.25, -0.2) is 21.6 Å². The lowest BCUT2D eigenvalue weighted by Crippen LogP contribution is -2.40. The summed E-state index contributed by atoms with van der Waals surface area (Å²) >= 11 is 0. The van der Waals surface area contributed by atoms with Crippen LogP contribution in [0.25, 0.3) is 0 Å². The number of halogens is 3. The summed E-state index contributed by atoms with van der Waals surface area (Å²) < 4.78 is 64.4. The molecule has 5 nitrogen and oxygen atoms in total. The number of benzene rings is 1. The molecule has 0 aliphatic carbocycles. The minimum Gasteiger partial charge on any atom is -0.480 e. The van der Waals surface area contributed by atoms with Crippen molar-refractivity contribution in [3.05, 3.63) is 29.6 Å². The number of hydrogen-bond donors (Lipinski definition) is 1. The lowest BCUT2D eigenvalue weighted by atomic mass is 10.2. The van der Waals surface area contributed by atoms with E-state index in [1.54, 1.807) is 0 Å². The van der Waals surface area contributed by atoms with Crippen LogP contribution >= 0.6 is 0 Å². The molecule has 1 atom stereocenters. The minimum absolute atomic E-state index is 0.0832. The molecule has 0 unspecified atom stereocenters. The molecule has 1 heterocycles. The van der Waals surface area contributed by atoms with Crippen LogP contribution in [0.2, 0.25) is 0 Å². The fourth-order valence-corrected chi connectivity index (χ4v) is 3.81. The molecule has 110 valence electrons.